The van der Waals surface area contributed by atoms with E-state index < -0.39 is 0 Å². The van der Waals surface area contributed by atoms with Crippen LogP contribution in [0.3, 0.4) is 0 Å². The Labute approximate surface area is 84.4 Å². The largest absolute Gasteiger partial charge is 0.469 e. The molecule has 2 N–H and O–H groups in total. The number of nitrogens with zero attached hydrogens (tertiary/aromatic N) is 1. The third-order valence-corrected chi connectivity index (χ3v) is 3.79. The smallest absolute Gasteiger partial charge is 0.311 e. The molecule has 80 valence electrons. The summed E-state index contributed by atoms with van der Waals surface area (Å²) in [6, 6.07) is 0.864. The Morgan fingerprint density at radius 1 is 1.50 bits per heavy atom. The molecule has 0 aromatic carbocycles. The van der Waals surface area contributed by atoms with Gasteiger partial charge in [-0.15, -0.1) is 0 Å². The summed E-state index contributed by atoms with van der Waals surface area (Å²) in [4.78, 5) is 13.9. The Morgan fingerprint density at radius 3 is 2.86 bits per heavy atom. The second-order valence-electron chi connectivity index (χ2n) is 4.41. The van der Waals surface area contributed by atoms with Gasteiger partial charge in [0, 0.05) is 18.1 Å². The summed E-state index contributed by atoms with van der Waals surface area (Å²) in [6.45, 7) is 0. The summed E-state index contributed by atoms with van der Waals surface area (Å²) >= 11 is 0. The molecule has 4 atom stereocenters. The second-order valence-corrected chi connectivity index (χ2v) is 4.41. The Balaban J connectivity index is 2.18. The molecule has 0 aliphatic carbocycles. The molecule has 4 heteroatoms. The van der Waals surface area contributed by atoms with Crippen molar-refractivity contribution in [1.82, 2.24) is 4.90 Å². The molecule has 4 unspecified atom stereocenters. The molecule has 0 amide bonds. The summed E-state index contributed by atoms with van der Waals surface area (Å²) in [7, 11) is 3.53. The van der Waals surface area contributed by atoms with Gasteiger partial charge in [0.2, 0.25) is 0 Å². The SMILES string of the molecule is COC(=O)C1C(N)CC2CCC1N2C. The molecule has 0 aromatic heterocycles. The lowest BCUT2D eigenvalue weighted by molar-refractivity contribution is -0.150. The first-order chi connectivity index (χ1) is 6.65. The zero-order valence-electron chi connectivity index (χ0n) is 8.77. The average Bonchev–Trinajstić information content (AvgIpc) is 2.42. The molecule has 2 bridgehead atoms. The van der Waals surface area contributed by atoms with Crippen LogP contribution in [-0.4, -0.2) is 43.2 Å². The molecule has 14 heavy (non-hydrogen) atoms. The van der Waals surface area contributed by atoms with Crippen molar-refractivity contribution in [2.45, 2.75) is 37.4 Å². The summed E-state index contributed by atoms with van der Waals surface area (Å²) in [5.74, 6) is -0.265. The van der Waals surface area contributed by atoms with Crippen LogP contribution in [0.2, 0.25) is 0 Å². The number of hydrogen-bond donors (Lipinski definition) is 1. The van der Waals surface area contributed by atoms with E-state index in [9.17, 15) is 4.79 Å². The molecule has 0 radical (unpaired) electrons. The van der Waals surface area contributed by atoms with Crippen molar-refractivity contribution in [3.63, 3.8) is 0 Å². The molecule has 2 rings (SSSR count). The van der Waals surface area contributed by atoms with Gasteiger partial charge in [0.25, 0.3) is 0 Å². The van der Waals surface area contributed by atoms with E-state index in [2.05, 4.69) is 11.9 Å². The van der Waals surface area contributed by atoms with Gasteiger partial charge in [-0.05, 0) is 26.3 Å². The zero-order valence-corrected chi connectivity index (χ0v) is 8.77. The summed E-state index contributed by atoms with van der Waals surface area (Å²) in [5, 5.41) is 0. The Morgan fingerprint density at radius 2 is 2.21 bits per heavy atom. The van der Waals surface area contributed by atoms with E-state index in [-0.39, 0.29) is 17.9 Å². The number of ether oxygens (including phenoxy) is 1. The number of nitrogens with two attached hydrogens (primary N) is 1. The monoisotopic (exact) mass is 198 g/mol. The van der Waals surface area contributed by atoms with Crippen LogP contribution >= 0.6 is 0 Å². The van der Waals surface area contributed by atoms with Crippen LogP contribution in [0.1, 0.15) is 19.3 Å². The fraction of sp³-hybridized carbons (Fsp3) is 0.900. The number of hydrogen-bond acceptors (Lipinski definition) is 4. The number of rotatable bonds is 1. The quantitative estimate of drug-likeness (QED) is 0.601. The molecule has 2 fully saturated rings. The van der Waals surface area contributed by atoms with Crippen molar-refractivity contribution in [3.8, 4) is 0 Å². The highest BCUT2D eigenvalue weighted by Gasteiger charge is 2.47. The lowest BCUT2D eigenvalue weighted by atomic mass is 9.86. The molecular formula is C10H18N2O2. The minimum absolute atomic E-state index is 0.0175. The summed E-state index contributed by atoms with van der Waals surface area (Å²) < 4.78 is 4.81. The molecule has 2 aliphatic heterocycles. The first-order valence-corrected chi connectivity index (χ1v) is 5.20. The molecule has 0 aromatic rings. The van der Waals surface area contributed by atoms with Crippen LogP contribution in [-0.2, 0) is 9.53 Å². The second kappa shape index (κ2) is 3.51. The Hall–Kier alpha value is -0.610. The van der Waals surface area contributed by atoms with Crippen molar-refractivity contribution in [3.05, 3.63) is 0 Å². The van der Waals surface area contributed by atoms with E-state index in [1.807, 2.05) is 0 Å². The number of esters is 1. The zero-order chi connectivity index (χ0) is 10.3. The highest BCUT2D eigenvalue weighted by molar-refractivity contribution is 5.74. The molecular weight excluding hydrogens is 180 g/mol. The lowest BCUT2D eigenvalue weighted by Gasteiger charge is -2.39. The van der Waals surface area contributed by atoms with Crippen LogP contribution in [0, 0.1) is 5.92 Å². The first-order valence-electron chi connectivity index (χ1n) is 5.20. The maximum absolute atomic E-state index is 11.6. The number of methoxy groups -OCH3 is 1. The molecule has 4 nitrogen and oxygen atoms in total. The van der Waals surface area contributed by atoms with E-state index in [0.717, 1.165) is 12.8 Å². The van der Waals surface area contributed by atoms with E-state index in [4.69, 9.17) is 10.5 Å². The number of piperidine rings is 1. The Kier molecular flexibility index (Phi) is 2.49. The van der Waals surface area contributed by atoms with Crippen molar-refractivity contribution in [1.29, 1.82) is 0 Å². The highest BCUT2D eigenvalue weighted by Crippen LogP contribution is 2.37. The topological polar surface area (TPSA) is 55.6 Å². The van der Waals surface area contributed by atoms with Crippen LogP contribution in [0.15, 0.2) is 0 Å². The maximum Gasteiger partial charge on any atom is 0.311 e. The average molecular weight is 198 g/mol. The number of carbonyl (C=O) groups excluding carboxylic acids is 1. The fourth-order valence-electron chi connectivity index (χ4n) is 2.97. The maximum atomic E-state index is 11.6. The van der Waals surface area contributed by atoms with Gasteiger partial charge in [-0.25, -0.2) is 0 Å². The van der Waals surface area contributed by atoms with E-state index in [1.165, 1.54) is 13.5 Å². The molecule has 2 aliphatic rings. The van der Waals surface area contributed by atoms with Crippen LogP contribution in [0.5, 0.6) is 0 Å². The van der Waals surface area contributed by atoms with Crippen molar-refractivity contribution >= 4 is 5.97 Å². The molecule has 0 saturated carbocycles. The van der Waals surface area contributed by atoms with Gasteiger partial charge >= 0.3 is 5.97 Å². The van der Waals surface area contributed by atoms with Gasteiger partial charge in [-0.3, -0.25) is 9.69 Å². The Bertz CT molecular complexity index is 244. The summed E-state index contributed by atoms with van der Waals surface area (Å²) in [5.41, 5.74) is 6.01. The molecule has 2 heterocycles. The summed E-state index contributed by atoms with van der Waals surface area (Å²) in [6.07, 6.45) is 3.17. The number of fused-ring (bicyclic) bond motifs is 2. The predicted octanol–water partition coefficient (Wildman–Crippen LogP) is -0.0306. The van der Waals surface area contributed by atoms with Gasteiger partial charge in [0.05, 0.1) is 13.0 Å². The minimum atomic E-state index is -0.144. The van der Waals surface area contributed by atoms with Gasteiger partial charge in [-0.1, -0.05) is 0 Å². The van der Waals surface area contributed by atoms with E-state index in [1.54, 1.807) is 0 Å². The van der Waals surface area contributed by atoms with Gasteiger partial charge in [0.1, 0.15) is 0 Å². The standard InChI is InChI=1S/C10H18N2O2/c1-12-6-3-4-8(12)9(7(11)5-6)10(13)14-2/h6-9H,3-5,11H2,1-2H3. The third kappa shape index (κ3) is 1.33. The lowest BCUT2D eigenvalue weighted by Crippen LogP contribution is -2.55. The van der Waals surface area contributed by atoms with E-state index in [0.29, 0.717) is 12.1 Å². The van der Waals surface area contributed by atoms with Gasteiger partial charge in [-0.2, -0.15) is 0 Å². The molecule has 2 saturated heterocycles. The molecule has 0 spiro atoms. The van der Waals surface area contributed by atoms with Crippen molar-refractivity contribution in [2.75, 3.05) is 14.2 Å². The van der Waals surface area contributed by atoms with Gasteiger partial charge < -0.3 is 10.5 Å². The fourth-order valence-corrected chi connectivity index (χ4v) is 2.97. The highest BCUT2D eigenvalue weighted by atomic mass is 16.5. The predicted molar refractivity (Wildman–Crippen MR) is 52.7 cm³/mol. The van der Waals surface area contributed by atoms with Gasteiger partial charge in [0.15, 0.2) is 0 Å². The third-order valence-electron chi connectivity index (χ3n) is 3.79. The minimum Gasteiger partial charge on any atom is -0.469 e. The van der Waals surface area contributed by atoms with Crippen molar-refractivity contribution in [2.24, 2.45) is 11.7 Å². The number of carbonyl (C=O) groups is 1. The first kappa shape index (κ1) is 9.93. The van der Waals surface area contributed by atoms with Crippen molar-refractivity contribution < 1.29 is 9.53 Å². The van der Waals surface area contributed by atoms with E-state index >= 15 is 0 Å². The van der Waals surface area contributed by atoms with Crippen LogP contribution in [0.4, 0.5) is 0 Å². The normalized spacial score (nSPS) is 42.5. The van der Waals surface area contributed by atoms with Crippen LogP contribution in [0.25, 0.3) is 0 Å². The van der Waals surface area contributed by atoms with Crippen LogP contribution < -0.4 is 5.73 Å².